The molecule has 88 valence electrons. The van der Waals surface area contributed by atoms with Crippen molar-refractivity contribution < 1.29 is 14.3 Å². The summed E-state index contributed by atoms with van der Waals surface area (Å²) in [4.78, 5) is 23.1. The second kappa shape index (κ2) is 4.53. The minimum absolute atomic E-state index is 0.0381. The van der Waals surface area contributed by atoms with Crippen LogP contribution in [0.25, 0.3) is 0 Å². The van der Waals surface area contributed by atoms with Crippen LogP contribution in [-0.2, 0) is 14.3 Å². The van der Waals surface area contributed by atoms with Gasteiger partial charge in [-0.15, -0.1) is 0 Å². The normalized spacial score (nSPS) is 20.1. The van der Waals surface area contributed by atoms with Crippen LogP contribution < -0.4 is 0 Å². The van der Waals surface area contributed by atoms with E-state index in [-0.39, 0.29) is 24.1 Å². The van der Waals surface area contributed by atoms with Crippen molar-refractivity contribution in [3.05, 3.63) is 47.2 Å². The molecule has 0 fully saturated rings. The summed E-state index contributed by atoms with van der Waals surface area (Å²) in [6.07, 6.45) is 0.232. The summed E-state index contributed by atoms with van der Waals surface area (Å²) in [5.74, 6) is -0.0530. The average Bonchev–Trinajstić information content (AvgIpc) is 2.28. The number of carbonyl (C=O) groups excluding carboxylic acids is 2. The molecule has 0 saturated carbocycles. The monoisotopic (exact) mass is 230 g/mol. The van der Waals surface area contributed by atoms with Crippen LogP contribution in [0.1, 0.15) is 31.7 Å². The molecule has 3 nitrogen and oxygen atoms in total. The molecule has 1 aliphatic heterocycles. The van der Waals surface area contributed by atoms with Gasteiger partial charge in [0.05, 0.1) is 6.42 Å². The van der Waals surface area contributed by atoms with Gasteiger partial charge in [-0.1, -0.05) is 30.3 Å². The SMILES string of the molecule is CC(=O)C1=C(C)OC(=O)C[C@@H]1c1ccccc1. The number of carbonyl (C=O) groups is 2. The van der Waals surface area contributed by atoms with E-state index in [1.807, 2.05) is 30.3 Å². The fourth-order valence-corrected chi connectivity index (χ4v) is 2.24. The van der Waals surface area contributed by atoms with E-state index in [0.29, 0.717) is 11.3 Å². The van der Waals surface area contributed by atoms with E-state index in [0.717, 1.165) is 5.56 Å². The summed E-state index contributed by atoms with van der Waals surface area (Å²) in [5, 5.41) is 0. The lowest BCUT2D eigenvalue weighted by atomic mass is 9.84. The first kappa shape index (κ1) is 11.6. The Morgan fingerprint density at radius 3 is 2.53 bits per heavy atom. The van der Waals surface area contributed by atoms with E-state index in [1.54, 1.807) is 6.92 Å². The highest BCUT2D eigenvalue weighted by Gasteiger charge is 2.31. The molecule has 0 spiro atoms. The number of ketones is 1. The van der Waals surface area contributed by atoms with Crippen molar-refractivity contribution in [2.24, 2.45) is 0 Å². The highest BCUT2D eigenvalue weighted by atomic mass is 16.5. The second-order valence-corrected chi connectivity index (χ2v) is 4.17. The van der Waals surface area contributed by atoms with Crippen molar-refractivity contribution in [2.75, 3.05) is 0 Å². The van der Waals surface area contributed by atoms with E-state index in [9.17, 15) is 9.59 Å². The fraction of sp³-hybridized carbons (Fsp3) is 0.286. The van der Waals surface area contributed by atoms with Gasteiger partial charge < -0.3 is 4.74 Å². The van der Waals surface area contributed by atoms with E-state index >= 15 is 0 Å². The molecule has 1 atom stereocenters. The Morgan fingerprint density at radius 1 is 1.29 bits per heavy atom. The van der Waals surface area contributed by atoms with Gasteiger partial charge in [-0.2, -0.15) is 0 Å². The zero-order valence-electron chi connectivity index (χ0n) is 9.90. The van der Waals surface area contributed by atoms with E-state index in [2.05, 4.69) is 0 Å². The molecule has 0 unspecified atom stereocenters. The van der Waals surface area contributed by atoms with Crippen LogP contribution in [0.3, 0.4) is 0 Å². The van der Waals surface area contributed by atoms with Crippen molar-refractivity contribution in [3.8, 4) is 0 Å². The number of Topliss-reactive ketones (excluding diaryl/α,β-unsaturated/α-hetero) is 1. The quantitative estimate of drug-likeness (QED) is 0.733. The fourth-order valence-electron chi connectivity index (χ4n) is 2.24. The van der Waals surface area contributed by atoms with Crippen molar-refractivity contribution in [2.45, 2.75) is 26.2 Å². The lowest BCUT2D eigenvalue weighted by Crippen LogP contribution is -2.23. The molecule has 1 aromatic rings. The molecule has 0 aliphatic carbocycles. The summed E-state index contributed by atoms with van der Waals surface area (Å²) in [6.45, 7) is 3.18. The number of cyclic esters (lactones) is 1. The molecule has 1 aromatic carbocycles. The molecule has 0 N–H and O–H groups in total. The van der Waals surface area contributed by atoms with E-state index in [4.69, 9.17) is 4.74 Å². The van der Waals surface area contributed by atoms with Crippen molar-refractivity contribution >= 4 is 11.8 Å². The van der Waals surface area contributed by atoms with Gasteiger partial charge in [0.1, 0.15) is 5.76 Å². The second-order valence-electron chi connectivity index (χ2n) is 4.17. The van der Waals surface area contributed by atoms with Gasteiger partial charge in [0.2, 0.25) is 0 Å². The van der Waals surface area contributed by atoms with Crippen LogP contribution >= 0.6 is 0 Å². The van der Waals surface area contributed by atoms with Gasteiger partial charge in [-0.25, -0.2) is 0 Å². The Balaban J connectivity index is 2.47. The third-order valence-electron chi connectivity index (χ3n) is 2.95. The maximum atomic E-state index is 11.7. The Kier molecular flexibility index (Phi) is 3.09. The molecule has 0 aromatic heterocycles. The smallest absolute Gasteiger partial charge is 0.311 e. The molecule has 3 heteroatoms. The first-order chi connectivity index (χ1) is 8.09. The summed E-state index contributed by atoms with van der Waals surface area (Å²) in [6, 6.07) is 9.58. The van der Waals surface area contributed by atoms with Gasteiger partial charge in [0, 0.05) is 11.5 Å². The highest BCUT2D eigenvalue weighted by Crippen LogP contribution is 2.35. The Morgan fingerprint density at radius 2 is 1.94 bits per heavy atom. The third-order valence-corrected chi connectivity index (χ3v) is 2.95. The zero-order valence-corrected chi connectivity index (χ0v) is 9.90. The van der Waals surface area contributed by atoms with Crippen LogP contribution in [0, 0.1) is 0 Å². The first-order valence-electron chi connectivity index (χ1n) is 5.57. The zero-order chi connectivity index (χ0) is 12.4. The molecule has 2 rings (SSSR count). The predicted molar refractivity (Wildman–Crippen MR) is 63.3 cm³/mol. The molecule has 0 saturated heterocycles. The van der Waals surface area contributed by atoms with Gasteiger partial charge in [-0.05, 0) is 19.4 Å². The van der Waals surface area contributed by atoms with Gasteiger partial charge in [0.15, 0.2) is 5.78 Å². The third kappa shape index (κ3) is 2.28. The number of benzene rings is 1. The maximum Gasteiger partial charge on any atom is 0.311 e. The standard InChI is InChI=1S/C14H14O3/c1-9(15)14-10(2)17-13(16)8-12(14)11-6-4-3-5-7-11/h3-7,12H,8H2,1-2H3/t12-/m1/s1. The minimum atomic E-state index is -0.277. The largest absolute Gasteiger partial charge is 0.431 e. The van der Waals surface area contributed by atoms with Crippen LogP contribution in [0.4, 0.5) is 0 Å². The Bertz CT molecular complexity index is 485. The van der Waals surface area contributed by atoms with E-state index in [1.165, 1.54) is 6.92 Å². The number of allylic oxidation sites excluding steroid dienone is 2. The van der Waals surface area contributed by atoms with Crippen LogP contribution in [0.5, 0.6) is 0 Å². The molecule has 0 amide bonds. The Hall–Kier alpha value is -1.90. The van der Waals surface area contributed by atoms with Crippen LogP contribution in [0.2, 0.25) is 0 Å². The van der Waals surface area contributed by atoms with Crippen LogP contribution in [0.15, 0.2) is 41.7 Å². The van der Waals surface area contributed by atoms with Crippen molar-refractivity contribution in [1.29, 1.82) is 0 Å². The number of hydrogen-bond acceptors (Lipinski definition) is 3. The van der Waals surface area contributed by atoms with E-state index < -0.39 is 0 Å². The summed E-state index contributed by atoms with van der Waals surface area (Å²) < 4.78 is 5.03. The maximum absolute atomic E-state index is 11.7. The lowest BCUT2D eigenvalue weighted by Gasteiger charge is -2.25. The number of ether oxygens (including phenoxy) is 1. The molecule has 17 heavy (non-hydrogen) atoms. The lowest BCUT2D eigenvalue weighted by molar-refractivity contribution is -0.141. The molecule has 0 bridgehead atoms. The molecule has 0 radical (unpaired) electrons. The predicted octanol–water partition coefficient (Wildman–Crippen LogP) is 2.58. The average molecular weight is 230 g/mol. The molecular formula is C14H14O3. The molecule has 1 aliphatic rings. The van der Waals surface area contributed by atoms with Crippen molar-refractivity contribution in [3.63, 3.8) is 0 Å². The molecular weight excluding hydrogens is 216 g/mol. The minimum Gasteiger partial charge on any atom is -0.431 e. The van der Waals surface area contributed by atoms with Gasteiger partial charge in [-0.3, -0.25) is 9.59 Å². The van der Waals surface area contributed by atoms with Crippen molar-refractivity contribution in [1.82, 2.24) is 0 Å². The number of hydrogen-bond donors (Lipinski definition) is 0. The summed E-state index contributed by atoms with van der Waals surface area (Å²) in [5.41, 5.74) is 1.59. The number of esters is 1. The summed E-state index contributed by atoms with van der Waals surface area (Å²) in [7, 11) is 0. The number of rotatable bonds is 2. The molecule has 1 heterocycles. The van der Waals surface area contributed by atoms with Crippen LogP contribution in [-0.4, -0.2) is 11.8 Å². The van der Waals surface area contributed by atoms with Gasteiger partial charge in [0.25, 0.3) is 0 Å². The topological polar surface area (TPSA) is 43.4 Å². The Labute approximate surface area is 100 Å². The summed E-state index contributed by atoms with van der Waals surface area (Å²) >= 11 is 0. The highest BCUT2D eigenvalue weighted by molar-refractivity contribution is 5.97. The first-order valence-corrected chi connectivity index (χ1v) is 5.57. The van der Waals surface area contributed by atoms with Gasteiger partial charge >= 0.3 is 5.97 Å².